The third kappa shape index (κ3) is 4.35. The van der Waals surface area contributed by atoms with Crippen molar-refractivity contribution in [1.82, 2.24) is 10.2 Å². The topological polar surface area (TPSA) is 15.3 Å². The van der Waals surface area contributed by atoms with Crippen molar-refractivity contribution in [3.05, 3.63) is 0 Å². The maximum atomic E-state index is 12.8. The Morgan fingerprint density at radius 3 is 2.32 bits per heavy atom. The molecule has 1 saturated carbocycles. The first-order chi connectivity index (χ1) is 8.58. The third-order valence-electron chi connectivity index (χ3n) is 4.19. The van der Waals surface area contributed by atoms with E-state index in [-0.39, 0.29) is 23.5 Å². The van der Waals surface area contributed by atoms with E-state index >= 15 is 0 Å². The van der Waals surface area contributed by atoms with Crippen LogP contribution in [0.3, 0.4) is 0 Å². The van der Waals surface area contributed by atoms with Crippen LogP contribution in [0.15, 0.2) is 0 Å². The first kappa shape index (κ1) is 16.8. The smallest absolute Gasteiger partial charge is 0.312 e. The van der Waals surface area contributed by atoms with Gasteiger partial charge in [0.05, 0.1) is 6.54 Å². The van der Waals surface area contributed by atoms with E-state index in [1.807, 2.05) is 20.8 Å². The van der Waals surface area contributed by atoms with E-state index in [2.05, 4.69) is 19.2 Å². The second-order valence-corrected chi connectivity index (χ2v) is 6.51. The fraction of sp³-hybridized carbons (Fsp3) is 1.00. The average Bonchev–Trinajstić information content (AvgIpc) is 2.51. The minimum atomic E-state index is -4.13. The third-order valence-corrected chi connectivity index (χ3v) is 4.19. The molecule has 114 valence electrons. The molecule has 19 heavy (non-hydrogen) atoms. The van der Waals surface area contributed by atoms with Gasteiger partial charge in [-0.3, -0.25) is 4.90 Å². The van der Waals surface area contributed by atoms with Crippen LogP contribution in [0.2, 0.25) is 0 Å². The van der Waals surface area contributed by atoms with Crippen molar-refractivity contribution in [3.8, 4) is 0 Å². The molecule has 0 aromatic carbocycles. The van der Waals surface area contributed by atoms with Crippen LogP contribution in [0.1, 0.15) is 47.5 Å². The summed E-state index contributed by atoms with van der Waals surface area (Å²) < 4.78 is 38.3. The Balaban J connectivity index is 2.89. The molecule has 1 rings (SSSR count). The first-order valence-corrected chi connectivity index (χ1v) is 7.14. The number of nitrogens with zero attached hydrogens (tertiary/aromatic N) is 1. The van der Waals surface area contributed by atoms with E-state index in [1.165, 1.54) is 0 Å². The summed E-state index contributed by atoms with van der Waals surface area (Å²) in [5, 5.41) is 3.40. The number of rotatable bonds is 5. The second kappa shape index (κ2) is 6.00. The van der Waals surface area contributed by atoms with Crippen LogP contribution in [0.5, 0.6) is 0 Å². The Hall–Kier alpha value is -0.290. The zero-order valence-electron chi connectivity index (χ0n) is 12.6. The van der Waals surface area contributed by atoms with Crippen LogP contribution in [0.4, 0.5) is 13.2 Å². The van der Waals surface area contributed by atoms with Gasteiger partial charge >= 0.3 is 6.18 Å². The molecule has 1 aliphatic rings. The number of hydrogen-bond donors (Lipinski definition) is 1. The molecule has 1 N–H and O–H groups in total. The van der Waals surface area contributed by atoms with Crippen molar-refractivity contribution >= 4 is 0 Å². The molecule has 0 aromatic rings. The zero-order chi connectivity index (χ0) is 14.8. The van der Waals surface area contributed by atoms with Gasteiger partial charge in [-0.25, -0.2) is 0 Å². The molecule has 0 radical (unpaired) electrons. The lowest BCUT2D eigenvalue weighted by Crippen LogP contribution is -2.55. The van der Waals surface area contributed by atoms with Crippen molar-refractivity contribution in [1.29, 1.82) is 0 Å². The van der Waals surface area contributed by atoms with Crippen molar-refractivity contribution < 1.29 is 13.2 Å². The molecular weight excluding hydrogens is 253 g/mol. The van der Waals surface area contributed by atoms with E-state index in [1.54, 1.807) is 4.90 Å². The lowest BCUT2D eigenvalue weighted by atomic mass is 9.86. The molecule has 1 fully saturated rings. The predicted molar refractivity (Wildman–Crippen MR) is 72.2 cm³/mol. The fourth-order valence-electron chi connectivity index (χ4n) is 3.24. The highest BCUT2D eigenvalue weighted by Crippen LogP contribution is 2.41. The Morgan fingerprint density at radius 2 is 1.89 bits per heavy atom. The molecule has 0 amide bonds. The minimum absolute atomic E-state index is 0.0309. The monoisotopic (exact) mass is 280 g/mol. The number of likely N-dealkylation sites (N-methyl/N-ethyl adjacent to an activating group) is 1. The van der Waals surface area contributed by atoms with Gasteiger partial charge < -0.3 is 5.32 Å². The highest BCUT2D eigenvalue weighted by Gasteiger charge is 2.46. The van der Waals surface area contributed by atoms with Gasteiger partial charge in [0.2, 0.25) is 0 Å². The largest absolute Gasteiger partial charge is 0.401 e. The lowest BCUT2D eigenvalue weighted by molar-refractivity contribution is -0.156. The van der Waals surface area contributed by atoms with Gasteiger partial charge in [-0.2, -0.15) is 13.2 Å². The standard InChI is InChI=1S/C14H27F3N2/c1-6-18-12-11(7-8-13(12,4)5)19(10(2)3)9-14(15,16)17/h10-12,18H,6-9H2,1-5H3. The molecule has 2 unspecified atom stereocenters. The molecule has 0 heterocycles. The Labute approximate surface area is 114 Å². The van der Waals surface area contributed by atoms with Gasteiger partial charge in [0.25, 0.3) is 0 Å². The maximum Gasteiger partial charge on any atom is 0.401 e. The fourth-order valence-corrected chi connectivity index (χ4v) is 3.24. The molecule has 0 bridgehead atoms. The summed E-state index contributed by atoms with van der Waals surface area (Å²) in [6.07, 6.45) is -2.33. The van der Waals surface area contributed by atoms with Gasteiger partial charge in [-0.1, -0.05) is 20.8 Å². The van der Waals surface area contributed by atoms with Crippen LogP contribution >= 0.6 is 0 Å². The molecule has 0 aromatic heterocycles. The summed E-state index contributed by atoms with van der Waals surface area (Å²) in [5.41, 5.74) is 0.0550. The molecule has 5 heteroatoms. The van der Waals surface area contributed by atoms with Crippen LogP contribution in [0, 0.1) is 5.41 Å². The maximum absolute atomic E-state index is 12.8. The average molecular weight is 280 g/mol. The van der Waals surface area contributed by atoms with E-state index in [0.29, 0.717) is 0 Å². The van der Waals surface area contributed by atoms with Gasteiger partial charge in [0.1, 0.15) is 0 Å². The molecule has 0 aliphatic heterocycles. The van der Waals surface area contributed by atoms with E-state index in [4.69, 9.17) is 0 Å². The molecule has 2 nitrogen and oxygen atoms in total. The SMILES string of the molecule is CCNC1C(N(CC(F)(F)F)C(C)C)CCC1(C)C. The van der Waals surface area contributed by atoms with Crippen LogP contribution in [0.25, 0.3) is 0 Å². The number of hydrogen-bond acceptors (Lipinski definition) is 2. The Bertz CT molecular complexity index is 287. The first-order valence-electron chi connectivity index (χ1n) is 7.14. The highest BCUT2D eigenvalue weighted by molar-refractivity contribution is 5.01. The number of alkyl halides is 3. The summed E-state index contributed by atoms with van der Waals surface area (Å²) in [6.45, 7) is 9.98. The van der Waals surface area contributed by atoms with Crippen molar-refractivity contribution in [2.45, 2.75) is 71.8 Å². The van der Waals surface area contributed by atoms with E-state index in [9.17, 15) is 13.2 Å². The van der Waals surface area contributed by atoms with Gasteiger partial charge in [-0.15, -0.1) is 0 Å². The molecule has 0 saturated heterocycles. The van der Waals surface area contributed by atoms with Gasteiger partial charge in [0, 0.05) is 18.1 Å². The molecule has 1 aliphatic carbocycles. The van der Waals surface area contributed by atoms with Crippen molar-refractivity contribution in [2.24, 2.45) is 5.41 Å². The van der Waals surface area contributed by atoms with Crippen LogP contribution < -0.4 is 5.32 Å². The molecule has 2 atom stereocenters. The highest BCUT2D eigenvalue weighted by atomic mass is 19.4. The van der Waals surface area contributed by atoms with E-state index < -0.39 is 12.7 Å². The number of nitrogens with one attached hydrogen (secondary N) is 1. The summed E-state index contributed by atoms with van der Waals surface area (Å²) in [4.78, 5) is 1.61. The lowest BCUT2D eigenvalue weighted by Gasteiger charge is -2.40. The van der Waals surface area contributed by atoms with Gasteiger partial charge in [-0.05, 0) is 38.6 Å². The minimum Gasteiger partial charge on any atom is -0.312 e. The zero-order valence-corrected chi connectivity index (χ0v) is 12.6. The van der Waals surface area contributed by atoms with Crippen LogP contribution in [-0.4, -0.2) is 42.3 Å². The van der Waals surface area contributed by atoms with Crippen molar-refractivity contribution in [2.75, 3.05) is 13.1 Å². The van der Waals surface area contributed by atoms with E-state index in [0.717, 1.165) is 19.4 Å². The Morgan fingerprint density at radius 1 is 1.32 bits per heavy atom. The van der Waals surface area contributed by atoms with Crippen LogP contribution in [-0.2, 0) is 0 Å². The summed E-state index contributed by atoms with van der Waals surface area (Å²) in [6, 6.07) is 0.000469. The normalized spacial score (nSPS) is 27.5. The Kier molecular flexibility index (Phi) is 5.29. The number of halogens is 3. The summed E-state index contributed by atoms with van der Waals surface area (Å²) >= 11 is 0. The van der Waals surface area contributed by atoms with Gasteiger partial charge in [0.15, 0.2) is 0 Å². The predicted octanol–water partition coefficient (Wildman–Crippen LogP) is 3.43. The van der Waals surface area contributed by atoms with Crippen molar-refractivity contribution in [3.63, 3.8) is 0 Å². The summed E-state index contributed by atoms with van der Waals surface area (Å²) in [7, 11) is 0. The molecule has 0 spiro atoms. The molecular formula is C14H27F3N2. The quantitative estimate of drug-likeness (QED) is 0.830. The second-order valence-electron chi connectivity index (χ2n) is 6.51. The summed E-state index contributed by atoms with van der Waals surface area (Å²) in [5.74, 6) is 0.